The Kier molecular flexibility index (Phi) is 1.34. The number of hydrogen-bond donors (Lipinski definition) is 0. The van der Waals surface area contributed by atoms with E-state index in [1.807, 2.05) is 0 Å². The van der Waals surface area contributed by atoms with E-state index in [4.69, 9.17) is 6.85 Å². The molecule has 0 unspecified atom stereocenters. The van der Waals surface area contributed by atoms with Crippen LogP contribution in [0.4, 0.5) is 0 Å². The average Bonchev–Trinajstić information content (AvgIpc) is 2.22. The Morgan fingerprint density at radius 3 is 3.25 bits per heavy atom. The molecule has 0 radical (unpaired) electrons. The van der Waals surface area contributed by atoms with Gasteiger partial charge in [0.1, 0.15) is 0 Å². The zero-order chi connectivity index (χ0) is 13.4. The molecule has 0 saturated heterocycles. The van der Waals surface area contributed by atoms with Crippen molar-refractivity contribution in [2.24, 2.45) is 0 Å². The highest BCUT2D eigenvalue weighted by molar-refractivity contribution is 9.10. The van der Waals surface area contributed by atoms with E-state index < -0.39 is 30.3 Å². The van der Waals surface area contributed by atoms with Gasteiger partial charge in [0.15, 0.2) is 5.69 Å². The van der Waals surface area contributed by atoms with Gasteiger partial charge in [0.2, 0.25) is 0 Å². The predicted molar refractivity (Wildman–Crippen MR) is 48.0 cm³/mol. The second-order valence-corrected chi connectivity index (χ2v) is 2.67. The first-order valence-corrected chi connectivity index (χ1v) is 3.75. The largest absolute Gasteiger partial charge is 0.464 e. The summed E-state index contributed by atoms with van der Waals surface area (Å²) in [5.41, 5.74) is -0.884. The molecule has 1 heterocycles. The van der Waals surface area contributed by atoms with Crippen LogP contribution in [0.1, 0.15) is 22.9 Å². The third-order valence-corrected chi connectivity index (χ3v) is 1.76. The highest BCUT2D eigenvalue weighted by Gasteiger charge is 2.11. The maximum Gasteiger partial charge on any atom is 0.356 e. The highest BCUT2D eigenvalue weighted by Crippen LogP contribution is 2.17. The summed E-state index contributed by atoms with van der Waals surface area (Å²) in [4.78, 5) is 14.9. The molecule has 4 heteroatoms. The van der Waals surface area contributed by atoms with Crippen LogP contribution in [0.25, 0.3) is 0 Å². The number of hydrogen-bond acceptors (Lipinski definition) is 3. The van der Waals surface area contributed by atoms with Crippen molar-refractivity contribution >= 4 is 21.9 Å². The number of rotatable bonds is 1. The van der Waals surface area contributed by atoms with Crippen LogP contribution in [0.3, 0.4) is 0 Å². The quantitative estimate of drug-likeness (QED) is 0.698. The van der Waals surface area contributed by atoms with Gasteiger partial charge in [-0.25, -0.2) is 9.78 Å². The molecule has 1 aromatic rings. The third-order valence-electron chi connectivity index (χ3n) is 1.17. The summed E-state index contributed by atoms with van der Waals surface area (Å²) < 4.78 is 41.0. The lowest BCUT2D eigenvalue weighted by molar-refractivity contribution is 0.0593. The Morgan fingerprint density at radius 1 is 1.92 bits per heavy atom. The molecule has 12 heavy (non-hydrogen) atoms. The number of aromatic nitrogens is 1. The van der Waals surface area contributed by atoms with Gasteiger partial charge in [0.25, 0.3) is 0 Å². The van der Waals surface area contributed by atoms with Crippen LogP contribution < -0.4 is 0 Å². The van der Waals surface area contributed by atoms with Gasteiger partial charge in [-0.2, -0.15) is 0 Å². The molecule has 0 aliphatic carbocycles. The van der Waals surface area contributed by atoms with Crippen molar-refractivity contribution in [1.82, 2.24) is 4.98 Å². The first-order chi connectivity index (χ1) is 7.70. The van der Waals surface area contributed by atoms with Crippen LogP contribution >= 0.6 is 15.9 Å². The topological polar surface area (TPSA) is 39.2 Å². The molecule has 0 amide bonds. The third kappa shape index (κ3) is 1.64. The Hall–Kier alpha value is -0.900. The summed E-state index contributed by atoms with van der Waals surface area (Å²) in [6.45, 7) is -2.63. The van der Waals surface area contributed by atoms with E-state index in [0.717, 1.165) is 7.11 Å². The molecule has 0 saturated carbocycles. The Labute approximate surface area is 85.9 Å². The molecule has 1 aromatic heterocycles. The van der Waals surface area contributed by atoms with Crippen molar-refractivity contribution in [2.45, 2.75) is 6.85 Å². The van der Waals surface area contributed by atoms with Gasteiger partial charge in [0.05, 0.1) is 9.85 Å². The lowest BCUT2D eigenvalue weighted by Crippen LogP contribution is -2.06. The SMILES string of the molecule is [2H]c1nc(C(=O)OC)c(C([2H])([2H])[2H])c(Br)c1[2H]. The lowest BCUT2D eigenvalue weighted by Gasteiger charge is -2.02. The zero-order valence-corrected chi connectivity index (χ0v) is 7.73. The minimum atomic E-state index is -2.63. The normalized spacial score (nSPS) is 16.7. The van der Waals surface area contributed by atoms with Crippen LogP contribution in [0, 0.1) is 6.85 Å². The maximum absolute atomic E-state index is 11.4. The fourth-order valence-corrected chi connectivity index (χ4v) is 0.876. The summed E-state index contributed by atoms with van der Waals surface area (Å²) in [5, 5.41) is 0. The molecule has 0 aliphatic heterocycles. The van der Waals surface area contributed by atoms with E-state index >= 15 is 0 Å². The summed E-state index contributed by atoms with van der Waals surface area (Å²) in [6.07, 6.45) is -0.495. The number of nitrogens with zero attached hydrogens (tertiary/aromatic N) is 1. The van der Waals surface area contributed by atoms with E-state index in [1.54, 1.807) is 0 Å². The van der Waals surface area contributed by atoms with Crippen molar-refractivity contribution in [2.75, 3.05) is 7.11 Å². The number of methoxy groups -OCH3 is 1. The summed E-state index contributed by atoms with van der Waals surface area (Å²) in [5.74, 6) is -0.953. The van der Waals surface area contributed by atoms with E-state index in [1.165, 1.54) is 0 Å². The van der Waals surface area contributed by atoms with Crippen molar-refractivity contribution in [1.29, 1.82) is 0 Å². The van der Waals surface area contributed by atoms with Crippen LogP contribution in [-0.2, 0) is 4.74 Å². The van der Waals surface area contributed by atoms with Gasteiger partial charge in [-0.05, 0) is 18.5 Å². The first kappa shape index (κ1) is 4.37. The molecule has 0 fully saturated rings. The average molecular weight is 235 g/mol. The van der Waals surface area contributed by atoms with Crippen molar-refractivity contribution in [3.63, 3.8) is 0 Å². The Morgan fingerprint density at radius 2 is 2.67 bits per heavy atom. The number of carbonyl (C=O) groups excluding carboxylic acids is 1. The highest BCUT2D eigenvalue weighted by atomic mass is 79.9. The van der Waals surface area contributed by atoms with E-state index in [2.05, 4.69) is 25.7 Å². The van der Waals surface area contributed by atoms with Crippen molar-refractivity contribution in [3.05, 3.63) is 27.9 Å². The monoisotopic (exact) mass is 234 g/mol. The molecule has 3 nitrogen and oxygen atoms in total. The molecule has 0 spiro atoms. The number of halogens is 1. The Balaban J connectivity index is 3.64. The molecular formula is C8H8BrNO2. The second-order valence-electron chi connectivity index (χ2n) is 1.88. The molecule has 64 valence electrons. The van der Waals surface area contributed by atoms with Crippen LogP contribution in [-0.4, -0.2) is 18.1 Å². The van der Waals surface area contributed by atoms with Crippen LogP contribution in [0.2, 0.25) is 0 Å². The number of carbonyl (C=O) groups is 1. The van der Waals surface area contributed by atoms with Crippen molar-refractivity contribution in [3.8, 4) is 0 Å². The van der Waals surface area contributed by atoms with Crippen molar-refractivity contribution < 1.29 is 16.4 Å². The van der Waals surface area contributed by atoms with Gasteiger partial charge in [-0.3, -0.25) is 0 Å². The van der Waals surface area contributed by atoms with Gasteiger partial charge < -0.3 is 4.74 Å². The standard InChI is InChI=1S/C8H8BrNO2/c1-5-6(9)3-4-10-7(5)8(11)12-2/h3-4H,1-2H3/i1D3,3D,4D. The fraction of sp³-hybridized carbons (Fsp3) is 0.250. The molecule has 0 bridgehead atoms. The minimum Gasteiger partial charge on any atom is -0.464 e. The maximum atomic E-state index is 11.4. The molecule has 0 aliphatic rings. The van der Waals surface area contributed by atoms with Gasteiger partial charge in [-0.15, -0.1) is 0 Å². The summed E-state index contributed by atoms with van der Waals surface area (Å²) >= 11 is 2.90. The molecular weight excluding hydrogens is 222 g/mol. The molecule has 0 atom stereocenters. The zero-order valence-electron chi connectivity index (χ0n) is 11.1. The Bertz CT molecular complexity index is 474. The fourth-order valence-electron chi connectivity index (χ4n) is 0.600. The molecule has 1 rings (SSSR count). The van der Waals surface area contributed by atoms with E-state index in [9.17, 15) is 4.79 Å². The first-order valence-electron chi connectivity index (χ1n) is 5.45. The molecule has 0 N–H and O–H groups in total. The number of esters is 1. The van der Waals surface area contributed by atoms with Gasteiger partial charge in [0, 0.05) is 14.8 Å². The van der Waals surface area contributed by atoms with Crippen LogP contribution in [0.15, 0.2) is 16.7 Å². The predicted octanol–water partition coefficient (Wildman–Crippen LogP) is 1.94. The number of pyridine rings is 1. The summed E-state index contributed by atoms with van der Waals surface area (Å²) in [6, 6.07) is -0.385. The number of ether oxygens (including phenoxy) is 1. The van der Waals surface area contributed by atoms with E-state index in [0.29, 0.717) is 0 Å². The van der Waals surface area contributed by atoms with E-state index in [-0.39, 0.29) is 10.5 Å². The van der Waals surface area contributed by atoms with Gasteiger partial charge in [-0.1, -0.05) is 15.9 Å². The summed E-state index contributed by atoms with van der Waals surface area (Å²) in [7, 11) is 1.08. The molecule has 0 aromatic carbocycles. The lowest BCUT2D eigenvalue weighted by atomic mass is 10.2. The van der Waals surface area contributed by atoms with Crippen LogP contribution in [0.5, 0.6) is 0 Å². The van der Waals surface area contributed by atoms with Gasteiger partial charge >= 0.3 is 5.97 Å². The smallest absolute Gasteiger partial charge is 0.356 e. The second kappa shape index (κ2) is 3.67. The minimum absolute atomic E-state index is 0.141.